The average molecular weight is 201 g/mol. The third kappa shape index (κ3) is 2.69. The van der Waals surface area contributed by atoms with Crippen molar-refractivity contribution in [1.29, 1.82) is 0 Å². The van der Waals surface area contributed by atoms with Crippen LogP contribution in [0.15, 0.2) is 0 Å². The Kier molecular flexibility index (Phi) is 3.89. The highest BCUT2D eigenvalue weighted by Gasteiger charge is 2.36. The zero-order valence-electron chi connectivity index (χ0n) is 8.99. The van der Waals surface area contributed by atoms with Crippen LogP contribution in [0.1, 0.15) is 26.7 Å². The van der Waals surface area contributed by atoms with Crippen molar-refractivity contribution in [3.8, 4) is 0 Å². The molecule has 0 spiro atoms. The normalized spacial score (nSPS) is 32.2. The SMILES string of the molecule is COC(=O)C1CC(O)C(CC(C)C)N1. The summed E-state index contributed by atoms with van der Waals surface area (Å²) >= 11 is 0. The Morgan fingerprint density at radius 3 is 2.79 bits per heavy atom. The summed E-state index contributed by atoms with van der Waals surface area (Å²) in [5.74, 6) is 0.230. The molecule has 1 aliphatic heterocycles. The Morgan fingerprint density at radius 1 is 1.64 bits per heavy atom. The van der Waals surface area contributed by atoms with Gasteiger partial charge in [0.1, 0.15) is 6.04 Å². The molecule has 4 heteroatoms. The fraction of sp³-hybridized carbons (Fsp3) is 0.900. The summed E-state index contributed by atoms with van der Waals surface area (Å²) in [6.45, 7) is 4.19. The van der Waals surface area contributed by atoms with Crippen LogP contribution in [0.5, 0.6) is 0 Å². The van der Waals surface area contributed by atoms with Gasteiger partial charge in [0.25, 0.3) is 0 Å². The third-order valence-electron chi connectivity index (χ3n) is 2.57. The van der Waals surface area contributed by atoms with Gasteiger partial charge in [-0.05, 0) is 12.3 Å². The van der Waals surface area contributed by atoms with E-state index in [0.717, 1.165) is 6.42 Å². The predicted molar refractivity (Wildman–Crippen MR) is 52.8 cm³/mol. The molecule has 0 aliphatic carbocycles. The Labute approximate surface area is 84.6 Å². The van der Waals surface area contributed by atoms with Crippen LogP contribution in [-0.2, 0) is 9.53 Å². The van der Waals surface area contributed by atoms with Gasteiger partial charge >= 0.3 is 5.97 Å². The second kappa shape index (κ2) is 4.75. The van der Waals surface area contributed by atoms with E-state index in [2.05, 4.69) is 23.9 Å². The molecule has 1 heterocycles. The van der Waals surface area contributed by atoms with Crippen molar-refractivity contribution in [3.63, 3.8) is 0 Å². The highest BCUT2D eigenvalue weighted by Crippen LogP contribution is 2.19. The van der Waals surface area contributed by atoms with Gasteiger partial charge in [-0.25, -0.2) is 0 Å². The van der Waals surface area contributed by atoms with Crippen LogP contribution in [0.25, 0.3) is 0 Å². The number of ether oxygens (including phenoxy) is 1. The van der Waals surface area contributed by atoms with Gasteiger partial charge in [0.15, 0.2) is 0 Å². The average Bonchev–Trinajstić information content (AvgIpc) is 2.46. The summed E-state index contributed by atoms with van der Waals surface area (Å²) < 4.78 is 4.62. The highest BCUT2D eigenvalue weighted by molar-refractivity contribution is 5.76. The van der Waals surface area contributed by atoms with Crippen LogP contribution < -0.4 is 5.32 Å². The number of carbonyl (C=O) groups is 1. The van der Waals surface area contributed by atoms with Gasteiger partial charge in [-0.3, -0.25) is 10.1 Å². The van der Waals surface area contributed by atoms with Crippen LogP contribution >= 0.6 is 0 Å². The molecule has 0 aromatic heterocycles. The maximum atomic E-state index is 11.2. The van der Waals surface area contributed by atoms with E-state index in [0.29, 0.717) is 12.3 Å². The third-order valence-corrected chi connectivity index (χ3v) is 2.57. The number of carbonyl (C=O) groups excluding carboxylic acids is 1. The molecule has 0 aromatic rings. The van der Waals surface area contributed by atoms with Gasteiger partial charge < -0.3 is 9.84 Å². The zero-order chi connectivity index (χ0) is 10.7. The first kappa shape index (κ1) is 11.5. The van der Waals surface area contributed by atoms with Crippen molar-refractivity contribution in [2.75, 3.05) is 7.11 Å². The number of hydrogen-bond acceptors (Lipinski definition) is 4. The molecule has 0 radical (unpaired) electrons. The molecule has 0 bridgehead atoms. The van der Waals surface area contributed by atoms with Crippen molar-refractivity contribution in [3.05, 3.63) is 0 Å². The van der Waals surface area contributed by atoms with Gasteiger partial charge in [0.2, 0.25) is 0 Å². The number of nitrogens with one attached hydrogen (secondary N) is 1. The first-order valence-corrected chi connectivity index (χ1v) is 5.06. The number of esters is 1. The fourth-order valence-electron chi connectivity index (χ4n) is 1.88. The molecule has 0 amide bonds. The molecule has 4 nitrogen and oxygen atoms in total. The van der Waals surface area contributed by atoms with Crippen LogP contribution in [0.4, 0.5) is 0 Å². The van der Waals surface area contributed by atoms with Crippen LogP contribution in [0.3, 0.4) is 0 Å². The minimum atomic E-state index is -0.429. The summed E-state index contributed by atoms with van der Waals surface area (Å²) in [7, 11) is 1.37. The molecule has 3 unspecified atom stereocenters. The van der Waals surface area contributed by atoms with Crippen LogP contribution in [-0.4, -0.2) is 36.4 Å². The quantitative estimate of drug-likeness (QED) is 0.645. The standard InChI is InChI=1S/C10H19NO3/c1-6(2)4-7-9(12)5-8(11-7)10(13)14-3/h6-9,11-12H,4-5H2,1-3H3. The van der Waals surface area contributed by atoms with E-state index in [9.17, 15) is 9.90 Å². The lowest BCUT2D eigenvalue weighted by atomic mass is 10.0. The maximum absolute atomic E-state index is 11.2. The molecule has 0 saturated carbocycles. The lowest BCUT2D eigenvalue weighted by molar-refractivity contribution is -0.142. The summed E-state index contributed by atoms with van der Waals surface area (Å²) in [6, 6.07) is -0.308. The van der Waals surface area contributed by atoms with Gasteiger partial charge in [-0.2, -0.15) is 0 Å². The lowest BCUT2D eigenvalue weighted by Gasteiger charge is -2.17. The van der Waals surface area contributed by atoms with Gasteiger partial charge in [-0.1, -0.05) is 13.8 Å². The Balaban J connectivity index is 2.47. The van der Waals surface area contributed by atoms with E-state index >= 15 is 0 Å². The summed E-state index contributed by atoms with van der Waals surface area (Å²) in [6.07, 6.45) is 0.917. The number of methoxy groups -OCH3 is 1. The molecule has 1 fully saturated rings. The monoisotopic (exact) mass is 201 g/mol. The minimum Gasteiger partial charge on any atom is -0.468 e. The number of aliphatic hydroxyl groups excluding tert-OH is 1. The summed E-state index contributed by atoms with van der Waals surface area (Å²) in [4.78, 5) is 11.2. The highest BCUT2D eigenvalue weighted by atomic mass is 16.5. The molecular formula is C10H19NO3. The fourth-order valence-corrected chi connectivity index (χ4v) is 1.88. The molecule has 1 saturated heterocycles. The van der Waals surface area contributed by atoms with Crippen LogP contribution in [0, 0.1) is 5.92 Å². The zero-order valence-corrected chi connectivity index (χ0v) is 8.99. The molecule has 2 N–H and O–H groups in total. The minimum absolute atomic E-state index is 0.0269. The van der Waals surface area contributed by atoms with Crippen LogP contribution in [0.2, 0.25) is 0 Å². The van der Waals surface area contributed by atoms with E-state index in [1.54, 1.807) is 0 Å². The maximum Gasteiger partial charge on any atom is 0.322 e. The Bertz CT molecular complexity index is 206. The van der Waals surface area contributed by atoms with Gasteiger partial charge in [-0.15, -0.1) is 0 Å². The second-order valence-electron chi connectivity index (χ2n) is 4.28. The first-order valence-electron chi connectivity index (χ1n) is 5.06. The summed E-state index contributed by atoms with van der Waals surface area (Å²) in [5, 5.41) is 12.8. The van der Waals surface area contributed by atoms with Crippen molar-refractivity contribution >= 4 is 5.97 Å². The number of aliphatic hydroxyl groups is 1. The Hall–Kier alpha value is -0.610. The molecular weight excluding hydrogens is 182 g/mol. The van der Waals surface area contributed by atoms with Gasteiger partial charge in [0.05, 0.1) is 13.2 Å². The lowest BCUT2D eigenvalue weighted by Crippen LogP contribution is -2.38. The summed E-state index contributed by atoms with van der Waals surface area (Å²) in [5.41, 5.74) is 0. The first-order chi connectivity index (χ1) is 6.54. The molecule has 1 aliphatic rings. The van der Waals surface area contributed by atoms with E-state index in [4.69, 9.17) is 0 Å². The second-order valence-corrected chi connectivity index (χ2v) is 4.28. The largest absolute Gasteiger partial charge is 0.468 e. The number of hydrogen-bond donors (Lipinski definition) is 2. The molecule has 0 aromatic carbocycles. The predicted octanol–water partition coefficient (Wildman–Crippen LogP) is 0.297. The van der Waals surface area contributed by atoms with Crippen molar-refractivity contribution in [2.24, 2.45) is 5.92 Å². The number of rotatable bonds is 3. The van der Waals surface area contributed by atoms with Crippen molar-refractivity contribution < 1.29 is 14.6 Å². The topological polar surface area (TPSA) is 58.6 Å². The van der Waals surface area contributed by atoms with E-state index in [1.165, 1.54) is 7.11 Å². The molecule has 14 heavy (non-hydrogen) atoms. The molecule has 82 valence electrons. The van der Waals surface area contributed by atoms with Gasteiger partial charge in [0, 0.05) is 12.5 Å². The van der Waals surface area contributed by atoms with Crippen molar-refractivity contribution in [2.45, 2.75) is 44.9 Å². The van der Waals surface area contributed by atoms with E-state index < -0.39 is 6.10 Å². The Morgan fingerprint density at radius 2 is 2.29 bits per heavy atom. The molecule has 3 atom stereocenters. The van der Waals surface area contributed by atoms with E-state index in [1.807, 2.05) is 0 Å². The van der Waals surface area contributed by atoms with E-state index in [-0.39, 0.29) is 18.1 Å². The molecule has 1 rings (SSSR count). The van der Waals surface area contributed by atoms with Crippen molar-refractivity contribution in [1.82, 2.24) is 5.32 Å². The smallest absolute Gasteiger partial charge is 0.322 e.